The second-order valence-corrected chi connectivity index (χ2v) is 3.90. The van der Waals surface area contributed by atoms with E-state index in [0.717, 1.165) is 12.8 Å². The van der Waals surface area contributed by atoms with Gasteiger partial charge in [0, 0.05) is 17.2 Å². The molecule has 0 amide bonds. The van der Waals surface area contributed by atoms with Crippen LogP contribution >= 0.6 is 0 Å². The van der Waals surface area contributed by atoms with Gasteiger partial charge in [-0.05, 0) is 12.8 Å². The normalized spacial score (nSPS) is 14.2. The highest BCUT2D eigenvalue weighted by Gasteiger charge is 2.08. The fourth-order valence-corrected chi connectivity index (χ4v) is 1.70. The quantitative estimate of drug-likeness (QED) is 0.640. The Morgan fingerprint density at radius 1 is 1.16 bits per heavy atom. The van der Waals surface area contributed by atoms with Crippen LogP contribution in [-0.4, -0.2) is 10.9 Å². The minimum Gasteiger partial charge on any atom is -0.507 e. The molecule has 0 unspecified atom stereocenters. The van der Waals surface area contributed by atoms with Crippen molar-refractivity contribution in [3.8, 4) is 0 Å². The lowest BCUT2D eigenvalue weighted by molar-refractivity contribution is -0.111. The van der Waals surface area contributed by atoms with E-state index in [1.165, 1.54) is 6.08 Å². The Morgan fingerprint density at radius 2 is 1.84 bits per heavy atom. The molecule has 0 atom stereocenters. The van der Waals surface area contributed by atoms with Crippen molar-refractivity contribution >= 4 is 11.5 Å². The molecule has 0 bridgehead atoms. The molecule has 1 aromatic carbocycles. The van der Waals surface area contributed by atoms with E-state index in [9.17, 15) is 9.90 Å². The molecule has 1 aliphatic rings. The van der Waals surface area contributed by atoms with Gasteiger partial charge in [0.25, 0.3) is 0 Å². The molecule has 19 heavy (non-hydrogen) atoms. The van der Waals surface area contributed by atoms with E-state index in [0.29, 0.717) is 11.1 Å². The molecule has 0 saturated heterocycles. The fourth-order valence-electron chi connectivity index (χ4n) is 1.70. The van der Waals surface area contributed by atoms with Crippen molar-refractivity contribution < 1.29 is 9.90 Å². The lowest BCUT2D eigenvalue weighted by atomic mass is 10.0. The Balaban J connectivity index is 0.000000861. The van der Waals surface area contributed by atoms with Crippen molar-refractivity contribution in [3.05, 3.63) is 65.8 Å². The molecular weight excluding hydrogens is 236 g/mol. The average Bonchev–Trinajstić information content (AvgIpc) is 2.51. The number of ketones is 1. The standard InChI is InChI=1S/C15H14O2.C2H6/c16-14(12-7-3-1-4-8-12)11-15(17)13-9-5-2-6-10-13;1-2/h1,3-5,7-11,16H,2,6H2;1-2H3/b14-11-;. The van der Waals surface area contributed by atoms with Crippen LogP contribution in [0.4, 0.5) is 0 Å². The van der Waals surface area contributed by atoms with E-state index < -0.39 is 0 Å². The molecule has 1 aliphatic carbocycles. The number of carbonyl (C=O) groups excluding carboxylic acids is 1. The predicted octanol–water partition coefficient (Wildman–Crippen LogP) is 4.46. The van der Waals surface area contributed by atoms with Crippen LogP contribution in [-0.2, 0) is 4.79 Å². The van der Waals surface area contributed by atoms with Crippen LogP contribution in [0.15, 0.2) is 60.2 Å². The van der Waals surface area contributed by atoms with Gasteiger partial charge in [0.1, 0.15) is 5.76 Å². The molecule has 2 rings (SSSR count). The Bertz CT molecular complexity index is 493. The van der Waals surface area contributed by atoms with Gasteiger partial charge in [0.15, 0.2) is 5.78 Å². The van der Waals surface area contributed by atoms with Crippen LogP contribution in [0.25, 0.3) is 5.76 Å². The number of rotatable bonds is 3. The largest absolute Gasteiger partial charge is 0.507 e. The summed E-state index contributed by atoms with van der Waals surface area (Å²) in [6.45, 7) is 4.00. The van der Waals surface area contributed by atoms with Gasteiger partial charge in [-0.1, -0.05) is 62.4 Å². The zero-order valence-corrected chi connectivity index (χ0v) is 11.5. The molecule has 0 fully saturated rings. The van der Waals surface area contributed by atoms with Gasteiger partial charge < -0.3 is 5.11 Å². The molecule has 2 heteroatoms. The molecule has 0 spiro atoms. The van der Waals surface area contributed by atoms with Gasteiger partial charge in [-0.3, -0.25) is 4.79 Å². The van der Waals surface area contributed by atoms with Crippen LogP contribution in [0.5, 0.6) is 0 Å². The SMILES string of the molecule is CC.O=C(/C=C(\O)c1ccccc1)C1=CCCC=C1. The molecule has 1 aromatic rings. The Labute approximate surface area is 114 Å². The van der Waals surface area contributed by atoms with Crippen LogP contribution < -0.4 is 0 Å². The van der Waals surface area contributed by atoms with Crippen molar-refractivity contribution in [2.75, 3.05) is 0 Å². The Morgan fingerprint density at radius 3 is 2.42 bits per heavy atom. The summed E-state index contributed by atoms with van der Waals surface area (Å²) >= 11 is 0. The van der Waals surface area contributed by atoms with E-state index >= 15 is 0 Å². The van der Waals surface area contributed by atoms with Gasteiger partial charge in [0.2, 0.25) is 0 Å². The van der Waals surface area contributed by atoms with E-state index in [4.69, 9.17) is 0 Å². The van der Waals surface area contributed by atoms with Gasteiger partial charge in [-0.15, -0.1) is 0 Å². The first kappa shape index (κ1) is 15.0. The molecular formula is C17H20O2. The van der Waals surface area contributed by atoms with Crippen LogP contribution in [0.2, 0.25) is 0 Å². The number of benzene rings is 1. The van der Waals surface area contributed by atoms with Crippen LogP contribution in [0.3, 0.4) is 0 Å². The molecule has 0 aliphatic heterocycles. The summed E-state index contributed by atoms with van der Waals surface area (Å²) < 4.78 is 0. The van der Waals surface area contributed by atoms with E-state index in [1.807, 2.05) is 44.2 Å². The highest BCUT2D eigenvalue weighted by Crippen LogP contribution is 2.15. The molecule has 0 aromatic heterocycles. The van der Waals surface area contributed by atoms with Gasteiger partial charge in [-0.25, -0.2) is 0 Å². The zero-order chi connectivity index (χ0) is 14.1. The number of hydrogen-bond acceptors (Lipinski definition) is 2. The van der Waals surface area contributed by atoms with E-state index in [1.54, 1.807) is 18.2 Å². The third kappa shape index (κ3) is 4.59. The third-order valence-electron chi connectivity index (χ3n) is 2.62. The van der Waals surface area contributed by atoms with Crippen molar-refractivity contribution in [2.24, 2.45) is 0 Å². The number of carbonyl (C=O) groups is 1. The Kier molecular flexibility index (Phi) is 6.37. The first-order chi connectivity index (χ1) is 9.27. The third-order valence-corrected chi connectivity index (χ3v) is 2.62. The summed E-state index contributed by atoms with van der Waals surface area (Å²) in [5.74, 6) is -0.141. The summed E-state index contributed by atoms with van der Waals surface area (Å²) in [5.41, 5.74) is 1.31. The second kappa shape index (κ2) is 8.09. The lowest BCUT2D eigenvalue weighted by Crippen LogP contribution is -2.00. The van der Waals surface area contributed by atoms with Gasteiger partial charge in [0.05, 0.1) is 0 Å². The highest BCUT2D eigenvalue weighted by atomic mass is 16.3. The predicted molar refractivity (Wildman–Crippen MR) is 79.9 cm³/mol. The average molecular weight is 256 g/mol. The van der Waals surface area contributed by atoms with Crippen LogP contribution in [0.1, 0.15) is 32.3 Å². The molecule has 0 heterocycles. The van der Waals surface area contributed by atoms with Crippen molar-refractivity contribution in [1.29, 1.82) is 0 Å². The molecule has 2 nitrogen and oxygen atoms in total. The molecule has 100 valence electrons. The number of allylic oxidation sites excluding steroid dienone is 5. The summed E-state index contributed by atoms with van der Waals surface area (Å²) in [6, 6.07) is 9.05. The minimum atomic E-state index is -0.151. The summed E-state index contributed by atoms with van der Waals surface area (Å²) in [7, 11) is 0. The maximum Gasteiger partial charge on any atom is 0.189 e. The molecule has 0 saturated carbocycles. The molecule has 1 N–H and O–H groups in total. The Hall–Kier alpha value is -2.09. The second-order valence-electron chi connectivity index (χ2n) is 3.90. The van der Waals surface area contributed by atoms with Crippen LogP contribution in [0, 0.1) is 0 Å². The lowest BCUT2D eigenvalue weighted by Gasteiger charge is -2.04. The smallest absolute Gasteiger partial charge is 0.189 e. The number of aliphatic hydroxyl groups excluding tert-OH is 1. The van der Waals surface area contributed by atoms with Gasteiger partial charge in [-0.2, -0.15) is 0 Å². The van der Waals surface area contributed by atoms with Crippen molar-refractivity contribution in [1.82, 2.24) is 0 Å². The topological polar surface area (TPSA) is 37.3 Å². The monoisotopic (exact) mass is 256 g/mol. The maximum absolute atomic E-state index is 11.8. The first-order valence-electron chi connectivity index (χ1n) is 6.64. The summed E-state index contributed by atoms with van der Waals surface area (Å²) in [4.78, 5) is 11.8. The highest BCUT2D eigenvalue weighted by molar-refractivity contribution is 6.09. The van der Waals surface area contributed by atoms with E-state index in [2.05, 4.69) is 0 Å². The maximum atomic E-state index is 11.8. The zero-order valence-electron chi connectivity index (χ0n) is 11.5. The number of hydrogen-bond donors (Lipinski definition) is 1. The summed E-state index contributed by atoms with van der Waals surface area (Å²) in [5, 5.41) is 9.81. The first-order valence-corrected chi connectivity index (χ1v) is 6.64. The van der Waals surface area contributed by atoms with Crippen molar-refractivity contribution in [2.45, 2.75) is 26.7 Å². The minimum absolute atomic E-state index is 0.00970. The van der Waals surface area contributed by atoms with E-state index in [-0.39, 0.29) is 11.5 Å². The van der Waals surface area contributed by atoms with Crippen molar-refractivity contribution in [3.63, 3.8) is 0 Å². The summed E-state index contributed by atoms with van der Waals surface area (Å²) in [6.07, 6.45) is 8.82. The van der Waals surface area contributed by atoms with Gasteiger partial charge >= 0.3 is 0 Å². The number of aliphatic hydroxyl groups is 1. The fraction of sp³-hybridized carbons (Fsp3) is 0.235. The molecule has 0 radical (unpaired) electrons.